The van der Waals surface area contributed by atoms with Gasteiger partial charge in [-0.15, -0.1) is 0 Å². The first kappa shape index (κ1) is 18.5. The molecule has 6 nitrogen and oxygen atoms in total. The molecule has 0 aromatic carbocycles. The van der Waals surface area contributed by atoms with E-state index >= 15 is 0 Å². The Morgan fingerprint density at radius 1 is 1.32 bits per heavy atom. The van der Waals surface area contributed by atoms with E-state index in [0.29, 0.717) is 43.1 Å². The molecule has 1 amide bonds. The summed E-state index contributed by atoms with van der Waals surface area (Å²) in [5, 5.41) is 0. The number of hydrogen-bond acceptors (Lipinski definition) is 4. The predicted molar refractivity (Wildman–Crippen MR) is 98.3 cm³/mol. The zero-order chi connectivity index (χ0) is 18.0. The van der Waals surface area contributed by atoms with Gasteiger partial charge < -0.3 is 18.9 Å². The normalized spacial score (nSPS) is 22.5. The maximum absolute atomic E-state index is 13.3. The highest BCUT2D eigenvalue weighted by atomic mass is 79.9. The zero-order valence-electron chi connectivity index (χ0n) is 14.8. The molecule has 1 aromatic rings. The second kappa shape index (κ2) is 7.50. The van der Waals surface area contributed by atoms with Crippen LogP contribution in [0.3, 0.4) is 0 Å². The van der Waals surface area contributed by atoms with Crippen molar-refractivity contribution in [1.82, 2.24) is 9.47 Å². The SMILES string of the molecule is CCCCOc1c2n(cc(Br)c1=O)CC1(CCOC1)N(CCC)C2=O. The van der Waals surface area contributed by atoms with Crippen molar-refractivity contribution in [1.29, 1.82) is 0 Å². The van der Waals surface area contributed by atoms with E-state index in [1.807, 2.05) is 9.47 Å². The fraction of sp³-hybridized carbons (Fsp3) is 0.667. The highest BCUT2D eigenvalue weighted by Gasteiger charge is 2.48. The molecular weight excluding hydrogens is 388 g/mol. The smallest absolute Gasteiger partial charge is 0.275 e. The molecule has 0 saturated carbocycles. The first-order valence-electron chi connectivity index (χ1n) is 8.99. The van der Waals surface area contributed by atoms with Gasteiger partial charge in [0.05, 0.1) is 23.2 Å². The van der Waals surface area contributed by atoms with Crippen molar-refractivity contribution < 1.29 is 14.3 Å². The summed E-state index contributed by atoms with van der Waals surface area (Å²) in [5.41, 5.74) is -0.212. The van der Waals surface area contributed by atoms with E-state index in [1.54, 1.807) is 6.20 Å². The molecule has 3 rings (SSSR count). The molecule has 138 valence electrons. The number of rotatable bonds is 6. The largest absolute Gasteiger partial charge is 0.487 e. The lowest BCUT2D eigenvalue weighted by Gasteiger charge is -2.45. The van der Waals surface area contributed by atoms with Crippen LogP contribution in [0.4, 0.5) is 0 Å². The average Bonchev–Trinajstić information content (AvgIpc) is 3.04. The Kier molecular flexibility index (Phi) is 5.53. The fourth-order valence-electron chi connectivity index (χ4n) is 3.65. The zero-order valence-corrected chi connectivity index (χ0v) is 16.4. The standard InChI is InChI=1S/C18H25BrN2O4/c1-3-5-8-25-16-14-17(23)21(7-4-2)18(6-9-24-12-18)11-20(14)10-13(19)15(16)22/h10H,3-9,11-12H2,1-2H3. The lowest BCUT2D eigenvalue weighted by molar-refractivity contribution is 0.0235. The van der Waals surface area contributed by atoms with Crippen molar-refractivity contribution in [2.45, 2.75) is 51.6 Å². The number of nitrogens with zero attached hydrogens (tertiary/aromatic N) is 2. The van der Waals surface area contributed by atoms with Gasteiger partial charge in [0, 0.05) is 25.9 Å². The van der Waals surface area contributed by atoms with Gasteiger partial charge in [-0.2, -0.15) is 0 Å². The van der Waals surface area contributed by atoms with Crippen LogP contribution in [-0.4, -0.2) is 47.3 Å². The summed E-state index contributed by atoms with van der Waals surface area (Å²) in [7, 11) is 0. The minimum atomic E-state index is -0.324. The van der Waals surface area contributed by atoms with E-state index in [-0.39, 0.29) is 22.6 Å². The van der Waals surface area contributed by atoms with E-state index < -0.39 is 0 Å². The molecule has 1 saturated heterocycles. The van der Waals surface area contributed by atoms with E-state index in [0.717, 1.165) is 25.7 Å². The molecule has 1 aromatic heterocycles. The summed E-state index contributed by atoms with van der Waals surface area (Å²) >= 11 is 3.33. The van der Waals surface area contributed by atoms with Crippen LogP contribution >= 0.6 is 15.9 Å². The third-order valence-corrected chi connectivity index (χ3v) is 5.52. The van der Waals surface area contributed by atoms with E-state index in [9.17, 15) is 9.59 Å². The van der Waals surface area contributed by atoms with Crippen LogP contribution in [0.5, 0.6) is 5.75 Å². The molecule has 7 heteroatoms. The molecule has 0 radical (unpaired) electrons. The molecule has 0 bridgehead atoms. The molecule has 1 spiro atoms. The van der Waals surface area contributed by atoms with Crippen molar-refractivity contribution in [2.75, 3.05) is 26.4 Å². The molecule has 2 aliphatic heterocycles. The topological polar surface area (TPSA) is 60.8 Å². The van der Waals surface area contributed by atoms with Crippen molar-refractivity contribution in [3.05, 3.63) is 26.6 Å². The van der Waals surface area contributed by atoms with Crippen molar-refractivity contribution in [2.24, 2.45) is 0 Å². The molecule has 3 heterocycles. The van der Waals surface area contributed by atoms with Crippen molar-refractivity contribution in [3.63, 3.8) is 0 Å². The monoisotopic (exact) mass is 412 g/mol. The number of amides is 1. The Labute approximate surface area is 156 Å². The van der Waals surface area contributed by atoms with Crippen LogP contribution in [0, 0.1) is 0 Å². The number of ether oxygens (including phenoxy) is 2. The molecule has 2 aliphatic rings. The molecule has 25 heavy (non-hydrogen) atoms. The summed E-state index contributed by atoms with van der Waals surface area (Å²) in [5.74, 6) is 0.0393. The molecule has 0 aliphatic carbocycles. The number of halogens is 1. The summed E-state index contributed by atoms with van der Waals surface area (Å²) in [6.07, 6.45) is 5.20. The van der Waals surface area contributed by atoms with Crippen LogP contribution < -0.4 is 10.2 Å². The van der Waals surface area contributed by atoms with Gasteiger partial charge in [-0.1, -0.05) is 20.3 Å². The van der Waals surface area contributed by atoms with Gasteiger partial charge in [-0.25, -0.2) is 0 Å². The third-order valence-electron chi connectivity index (χ3n) is 4.95. The van der Waals surface area contributed by atoms with Crippen LogP contribution in [0.1, 0.15) is 50.0 Å². The molecule has 1 atom stereocenters. The number of unbranched alkanes of at least 4 members (excludes halogenated alkanes) is 1. The molecule has 0 N–H and O–H groups in total. The highest BCUT2D eigenvalue weighted by molar-refractivity contribution is 9.10. The van der Waals surface area contributed by atoms with Gasteiger partial charge >= 0.3 is 0 Å². The summed E-state index contributed by atoms with van der Waals surface area (Å²) in [6, 6.07) is 0. The summed E-state index contributed by atoms with van der Waals surface area (Å²) in [6.45, 7) is 7.02. The molecular formula is C18H25BrN2O4. The third kappa shape index (κ3) is 3.24. The summed E-state index contributed by atoms with van der Waals surface area (Å²) < 4.78 is 13.7. The fourth-order valence-corrected chi connectivity index (χ4v) is 4.07. The van der Waals surface area contributed by atoms with Crippen LogP contribution in [0.25, 0.3) is 0 Å². The average molecular weight is 413 g/mol. The maximum Gasteiger partial charge on any atom is 0.275 e. The number of hydrogen-bond donors (Lipinski definition) is 0. The van der Waals surface area contributed by atoms with Gasteiger partial charge in [-0.05, 0) is 35.2 Å². The lowest BCUT2D eigenvalue weighted by atomic mass is 9.92. The van der Waals surface area contributed by atoms with E-state index in [4.69, 9.17) is 9.47 Å². The van der Waals surface area contributed by atoms with Gasteiger partial charge in [0.1, 0.15) is 0 Å². The Morgan fingerprint density at radius 2 is 2.12 bits per heavy atom. The Bertz CT molecular complexity index is 710. The summed E-state index contributed by atoms with van der Waals surface area (Å²) in [4.78, 5) is 27.8. The number of carbonyl (C=O) groups is 1. The van der Waals surface area contributed by atoms with E-state index in [1.165, 1.54) is 0 Å². The molecule has 1 fully saturated rings. The second-order valence-electron chi connectivity index (χ2n) is 6.80. The predicted octanol–water partition coefficient (Wildman–Crippen LogP) is 2.81. The van der Waals surface area contributed by atoms with E-state index in [2.05, 4.69) is 29.8 Å². The maximum atomic E-state index is 13.3. The Hall–Kier alpha value is -1.34. The number of pyridine rings is 1. The number of fused-ring (bicyclic) bond motifs is 1. The van der Waals surface area contributed by atoms with Gasteiger partial charge in [0.2, 0.25) is 5.43 Å². The van der Waals surface area contributed by atoms with Crippen LogP contribution in [0.15, 0.2) is 15.5 Å². The van der Waals surface area contributed by atoms with Crippen LogP contribution in [-0.2, 0) is 11.3 Å². The number of aromatic nitrogens is 1. The number of carbonyl (C=O) groups excluding carboxylic acids is 1. The van der Waals surface area contributed by atoms with Gasteiger partial charge in [-0.3, -0.25) is 9.59 Å². The minimum absolute atomic E-state index is 0.130. The Morgan fingerprint density at radius 3 is 2.76 bits per heavy atom. The van der Waals surface area contributed by atoms with Gasteiger partial charge in [0.25, 0.3) is 5.91 Å². The Balaban J connectivity index is 2.08. The van der Waals surface area contributed by atoms with Crippen molar-refractivity contribution in [3.8, 4) is 5.75 Å². The second-order valence-corrected chi connectivity index (χ2v) is 7.65. The van der Waals surface area contributed by atoms with Crippen LogP contribution in [0.2, 0.25) is 0 Å². The minimum Gasteiger partial charge on any atom is -0.487 e. The van der Waals surface area contributed by atoms with Crippen molar-refractivity contribution >= 4 is 21.8 Å². The van der Waals surface area contributed by atoms with Gasteiger partial charge in [0.15, 0.2) is 11.4 Å². The molecule has 1 unspecified atom stereocenters. The lowest BCUT2D eigenvalue weighted by Crippen LogP contribution is -2.59. The quantitative estimate of drug-likeness (QED) is 0.673. The highest BCUT2D eigenvalue weighted by Crippen LogP contribution is 2.36. The first-order chi connectivity index (χ1) is 12.0. The first-order valence-corrected chi connectivity index (χ1v) is 9.79.